The summed E-state index contributed by atoms with van der Waals surface area (Å²) in [7, 11) is 0. The largest absolute Gasteiger partial charge is 0.481 e. The molecule has 25 heavy (non-hydrogen) atoms. The maximum Gasteiger partial charge on any atom is 0.311 e. The number of hydrogen-bond donors (Lipinski definition) is 2. The van der Waals surface area contributed by atoms with E-state index in [1.54, 1.807) is 6.20 Å². The van der Waals surface area contributed by atoms with Crippen molar-refractivity contribution in [1.82, 2.24) is 15.1 Å². The third-order valence-corrected chi connectivity index (χ3v) is 5.54. The molecule has 7 nitrogen and oxygen atoms in total. The number of aromatic nitrogens is 2. The third kappa shape index (κ3) is 3.56. The van der Waals surface area contributed by atoms with Crippen LogP contribution in [-0.4, -0.2) is 46.5 Å². The van der Waals surface area contributed by atoms with Crippen molar-refractivity contribution in [2.45, 2.75) is 57.9 Å². The Balaban J connectivity index is 1.75. The number of carbonyl (C=O) groups is 2. The number of nitrogens with zero attached hydrogens (tertiary/aromatic N) is 2. The predicted molar refractivity (Wildman–Crippen MR) is 91.7 cm³/mol. The van der Waals surface area contributed by atoms with E-state index in [0.29, 0.717) is 37.5 Å². The molecule has 0 aromatic carbocycles. The molecule has 2 heterocycles. The van der Waals surface area contributed by atoms with Crippen LogP contribution in [0.4, 0.5) is 0 Å². The van der Waals surface area contributed by atoms with E-state index < -0.39 is 11.4 Å². The summed E-state index contributed by atoms with van der Waals surface area (Å²) in [5, 5.41) is 16.9. The molecule has 1 aromatic heterocycles. The van der Waals surface area contributed by atoms with Crippen LogP contribution < -0.4 is 5.32 Å². The van der Waals surface area contributed by atoms with Gasteiger partial charge in [0.2, 0.25) is 0 Å². The molecule has 0 spiro atoms. The van der Waals surface area contributed by atoms with Gasteiger partial charge >= 0.3 is 5.97 Å². The van der Waals surface area contributed by atoms with E-state index >= 15 is 0 Å². The van der Waals surface area contributed by atoms with Gasteiger partial charge < -0.3 is 15.2 Å². The Morgan fingerprint density at radius 3 is 2.68 bits per heavy atom. The smallest absolute Gasteiger partial charge is 0.311 e. The standard InChI is InChI=1S/C18H27N3O4/c1-3-12(2)21-15(13-4-5-13)14(10-20-21)16(22)19-11-18(17(23)24)6-8-25-9-7-18/h10,12-13H,3-9,11H2,1-2H3,(H,19,22)(H,23,24). The zero-order chi connectivity index (χ0) is 18.0. The SMILES string of the molecule is CCC(C)n1ncc(C(=O)NCC2(C(=O)O)CCOCC2)c1C1CC1. The highest BCUT2D eigenvalue weighted by Gasteiger charge is 2.41. The minimum absolute atomic E-state index is 0.128. The van der Waals surface area contributed by atoms with Crippen molar-refractivity contribution in [1.29, 1.82) is 0 Å². The molecule has 138 valence electrons. The molecule has 1 aliphatic heterocycles. The summed E-state index contributed by atoms with van der Waals surface area (Å²) in [5.74, 6) is -0.689. The van der Waals surface area contributed by atoms with Gasteiger partial charge in [0.15, 0.2) is 0 Å². The van der Waals surface area contributed by atoms with Crippen molar-refractivity contribution < 1.29 is 19.4 Å². The second kappa shape index (κ2) is 7.15. The second-order valence-corrected chi connectivity index (χ2v) is 7.30. The maximum atomic E-state index is 12.7. The quantitative estimate of drug-likeness (QED) is 0.788. The molecule has 1 aromatic rings. The zero-order valence-corrected chi connectivity index (χ0v) is 15.0. The summed E-state index contributed by atoms with van der Waals surface area (Å²) in [6, 6.07) is 0.248. The first kappa shape index (κ1) is 17.9. The number of aliphatic carboxylic acids is 1. The number of rotatable bonds is 7. The van der Waals surface area contributed by atoms with E-state index in [-0.39, 0.29) is 18.5 Å². The first-order valence-electron chi connectivity index (χ1n) is 9.15. The molecule has 2 fully saturated rings. The van der Waals surface area contributed by atoms with Crippen LogP contribution in [-0.2, 0) is 9.53 Å². The van der Waals surface area contributed by atoms with Crippen molar-refractivity contribution in [3.63, 3.8) is 0 Å². The summed E-state index contributed by atoms with van der Waals surface area (Å²) in [4.78, 5) is 24.5. The summed E-state index contributed by atoms with van der Waals surface area (Å²) >= 11 is 0. The molecular weight excluding hydrogens is 322 g/mol. The number of carboxylic acids is 1. The molecular formula is C18H27N3O4. The van der Waals surface area contributed by atoms with Crippen LogP contribution in [0, 0.1) is 5.41 Å². The van der Waals surface area contributed by atoms with Crippen LogP contribution in [0.3, 0.4) is 0 Å². The molecule has 1 saturated heterocycles. The van der Waals surface area contributed by atoms with Crippen LogP contribution in [0.1, 0.15) is 74.0 Å². The molecule has 0 radical (unpaired) electrons. The topological polar surface area (TPSA) is 93.5 Å². The lowest BCUT2D eigenvalue weighted by Crippen LogP contribution is -2.46. The van der Waals surface area contributed by atoms with E-state index in [1.807, 2.05) is 4.68 Å². The predicted octanol–water partition coefficient (Wildman–Crippen LogP) is 2.34. The second-order valence-electron chi connectivity index (χ2n) is 7.30. The van der Waals surface area contributed by atoms with Crippen LogP contribution in [0.15, 0.2) is 6.20 Å². The maximum absolute atomic E-state index is 12.7. The number of carboxylic acid groups (broad SMARTS) is 1. The van der Waals surface area contributed by atoms with Crippen molar-refractivity contribution in [2.24, 2.45) is 5.41 Å². The zero-order valence-electron chi connectivity index (χ0n) is 15.0. The minimum atomic E-state index is -0.930. The molecule has 2 N–H and O–H groups in total. The highest BCUT2D eigenvalue weighted by Crippen LogP contribution is 2.42. The summed E-state index contributed by atoms with van der Waals surface area (Å²) in [5.41, 5.74) is 0.666. The fraction of sp³-hybridized carbons (Fsp3) is 0.722. The van der Waals surface area contributed by atoms with Crippen LogP contribution >= 0.6 is 0 Å². The Morgan fingerprint density at radius 2 is 2.12 bits per heavy atom. The lowest BCUT2D eigenvalue weighted by atomic mass is 9.80. The van der Waals surface area contributed by atoms with Gasteiger partial charge in [-0.2, -0.15) is 5.10 Å². The highest BCUT2D eigenvalue weighted by atomic mass is 16.5. The average Bonchev–Trinajstić information content (AvgIpc) is 3.37. The molecule has 1 atom stereocenters. The summed E-state index contributed by atoms with van der Waals surface area (Å²) in [6.07, 6.45) is 5.59. The van der Waals surface area contributed by atoms with Gasteiger partial charge in [-0.15, -0.1) is 0 Å². The van der Waals surface area contributed by atoms with Gasteiger partial charge in [0.05, 0.1) is 22.9 Å². The molecule has 7 heteroatoms. The van der Waals surface area contributed by atoms with Crippen LogP contribution in [0.25, 0.3) is 0 Å². The number of carbonyl (C=O) groups excluding carboxylic acids is 1. The van der Waals surface area contributed by atoms with Gasteiger partial charge in [-0.1, -0.05) is 6.92 Å². The van der Waals surface area contributed by atoms with E-state index in [0.717, 1.165) is 25.0 Å². The molecule has 1 amide bonds. The molecule has 0 bridgehead atoms. The monoisotopic (exact) mass is 349 g/mol. The van der Waals surface area contributed by atoms with E-state index in [1.165, 1.54) is 0 Å². The minimum Gasteiger partial charge on any atom is -0.481 e. The lowest BCUT2D eigenvalue weighted by Gasteiger charge is -2.33. The molecule has 3 rings (SSSR count). The van der Waals surface area contributed by atoms with E-state index in [2.05, 4.69) is 24.3 Å². The molecule has 1 aliphatic carbocycles. The first-order chi connectivity index (χ1) is 12.0. The number of nitrogens with one attached hydrogen (secondary N) is 1. The van der Waals surface area contributed by atoms with Crippen LogP contribution in [0.2, 0.25) is 0 Å². The number of amides is 1. The van der Waals surface area contributed by atoms with Gasteiger partial charge in [-0.3, -0.25) is 14.3 Å². The van der Waals surface area contributed by atoms with Gasteiger partial charge in [0, 0.05) is 31.7 Å². The highest BCUT2D eigenvalue weighted by molar-refractivity contribution is 5.95. The summed E-state index contributed by atoms with van der Waals surface area (Å²) in [6.45, 7) is 5.17. The number of hydrogen-bond acceptors (Lipinski definition) is 4. The number of ether oxygens (including phenoxy) is 1. The Morgan fingerprint density at radius 1 is 1.44 bits per heavy atom. The third-order valence-electron chi connectivity index (χ3n) is 5.54. The van der Waals surface area contributed by atoms with Crippen LogP contribution in [0.5, 0.6) is 0 Å². The molecule has 2 aliphatic rings. The summed E-state index contributed by atoms with van der Waals surface area (Å²) < 4.78 is 7.24. The van der Waals surface area contributed by atoms with Gasteiger partial charge in [-0.25, -0.2) is 0 Å². The molecule has 1 saturated carbocycles. The Labute approximate surface area is 147 Å². The van der Waals surface area contributed by atoms with Gasteiger partial charge in [-0.05, 0) is 39.0 Å². The van der Waals surface area contributed by atoms with Crippen molar-refractivity contribution in [2.75, 3.05) is 19.8 Å². The van der Waals surface area contributed by atoms with Crippen molar-refractivity contribution in [3.8, 4) is 0 Å². The Bertz CT molecular complexity index is 645. The fourth-order valence-corrected chi connectivity index (χ4v) is 3.41. The molecule has 1 unspecified atom stereocenters. The van der Waals surface area contributed by atoms with E-state index in [9.17, 15) is 14.7 Å². The lowest BCUT2D eigenvalue weighted by molar-refractivity contribution is -0.154. The van der Waals surface area contributed by atoms with Crippen molar-refractivity contribution in [3.05, 3.63) is 17.5 Å². The average molecular weight is 349 g/mol. The Kier molecular flexibility index (Phi) is 5.13. The van der Waals surface area contributed by atoms with Crippen molar-refractivity contribution >= 4 is 11.9 Å². The fourth-order valence-electron chi connectivity index (χ4n) is 3.41. The van der Waals surface area contributed by atoms with E-state index in [4.69, 9.17) is 4.74 Å². The Hall–Kier alpha value is -1.89. The normalized spacial score (nSPS) is 20.9. The first-order valence-corrected chi connectivity index (χ1v) is 9.15. The van der Waals surface area contributed by atoms with Gasteiger partial charge in [0.1, 0.15) is 0 Å². The van der Waals surface area contributed by atoms with Gasteiger partial charge in [0.25, 0.3) is 5.91 Å².